The van der Waals surface area contributed by atoms with Gasteiger partial charge in [0.1, 0.15) is 11.4 Å². The SMILES string of the molecule is COC(=O)c1cccc(C#CCC#N)n1. The van der Waals surface area contributed by atoms with Crippen LogP contribution in [0.3, 0.4) is 0 Å². The van der Waals surface area contributed by atoms with Gasteiger partial charge in [-0.2, -0.15) is 5.26 Å². The molecule has 1 aromatic rings. The smallest absolute Gasteiger partial charge is 0.356 e. The average Bonchev–Trinajstić information content (AvgIpc) is 2.29. The van der Waals surface area contributed by atoms with Crippen molar-refractivity contribution < 1.29 is 9.53 Å². The lowest BCUT2D eigenvalue weighted by molar-refractivity contribution is 0.0594. The van der Waals surface area contributed by atoms with E-state index in [4.69, 9.17) is 5.26 Å². The van der Waals surface area contributed by atoms with Gasteiger partial charge < -0.3 is 4.74 Å². The van der Waals surface area contributed by atoms with Crippen LogP contribution in [0.1, 0.15) is 22.6 Å². The number of hydrogen-bond donors (Lipinski definition) is 0. The van der Waals surface area contributed by atoms with Gasteiger partial charge >= 0.3 is 5.97 Å². The van der Waals surface area contributed by atoms with Gasteiger partial charge in [0.25, 0.3) is 0 Å². The summed E-state index contributed by atoms with van der Waals surface area (Å²) in [6, 6.07) is 6.76. The fourth-order valence-electron chi connectivity index (χ4n) is 0.897. The maximum absolute atomic E-state index is 11.1. The molecule has 1 aromatic heterocycles. The van der Waals surface area contributed by atoms with E-state index in [0.717, 1.165) is 0 Å². The Kier molecular flexibility index (Phi) is 3.88. The van der Waals surface area contributed by atoms with Gasteiger partial charge in [-0.1, -0.05) is 12.0 Å². The summed E-state index contributed by atoms with van der Waals surface area (Å²) in [5.74, 6) is 4.78. The fourth-order valence-corrected chi connectivity index (χ4v) is 0.897. The lowest BCUT2D eigenvalue weighted by Crippen LogP contribution is -2.04. The summed E-state index contributed by atoms with van der Waals surface area (Å²) in [5.41, 5.74) is 0.661. The van der Waals surface area contributed by atoms with E-state index in [-0.39, 0.29) is 12.1 Å². The highest BCUT2D eigenvalue weighted by Gasteiger charge is 2.05. The molecule has 0 saturated carbocycles. The molecule has 0 aliphatic rings. The second-order valence-corrected chi connectivity index (χ2v) is 2.54. The maximum atomic E-state index is 11.1. The molecule has 0 aromatic carbocycles. The number of rotatable bonds is 1. The van der Waals surface area contributed by atoms with Crippen LogP contribution < -0.4 is 0 Å². The summed E-state index contributed by atoms with van der Waals surface area (Å²) >= 11 is 0. The predicted octanol–water partition coefficient (Wildman–Crippen LogP) is 1.13. The Morgan fingerprint density at radius 1 is 1.60 bits per heavy atom. The third kappa shape index (κ3) is 3.13. The van der Waals surface area contributed by atoms with Crippen LogP contribution >= 0.6 is 0 Å². The normalized spacial score (nSPS) is 8.27. The second kappa shape index (κ2) is 5.41. The molecular formula is C11H8N2O2. The molecule has 0 N–H and O–H groups in total. The Balaban J connectivity index is 2.90. The van der Waals surface area contributed by atoms with E-state index >= 15 is 0 Å². The van der Waals surface area contributed by atoms with Crippen LogP contribution in [0.25, 0.3) is 0 Å². The quantitative estimate of drug-likeness (QED) is 0.503. The molecule has 0 spiro atoms. The highest BCUT2D eigenvalue weighted by molar-refractivity contribution is 5.87. The summed E-state index contributed by atoms with van der Waals surface area (Å²) in [4.78, 5) is 15.1. The molecule has 0 bridgehead atoms. The van der Waals surface area contributed by atoms with Crippen LogP contribution in [0.4, 0.5) is 0 Å². The number of pyridine rings is 1. The zero-order valence-electron chi connectivity index (χ0n) is 8.15. The first-order valence-electron chi connectivity index (χ1n) is 4.19. The second-order valence-electron chi connectivity index (χ2n) is 2.54. The average molecular weight is 200 g/mol. The molecule has 15 heavy (non-hydrogen) atoms. The van der Waals surface area contributed by atoms with Crippen LogP contribution in [0.5, 0.6) is 0 Å². The third-order valence-electron chi connectivity index (χ3n) is 1.53. The molecular weight excluding hydrogens is 192 g/mol. The predicted molar refractivity (Wildman–Crippen MR) is 52.7 cm³/mol. The van der Waals surface area contributed by atoms with E-state index in [1.165, 1.54) is 7.11 Å². The lowest BCUT2D eigenvalue weighted by atomic mass is 10.3. The first-order valence-corrected chi connectivity index (χ1v) is 4.19. The molecule has 1 rings (SSSR count). The summed E-state index contributed by atoms with van der Waals surface area (Å²) < 4.78 is 4.51. The van der Waals surface area contributed by atoms with Crippen LogP contribution in [0.2, 0.25) is 0 Å². The van der Waals surface area contributed by atoms with E-state index in [9.17, 15) is 4.79 Å². The first kappa shape index (κ1) is 10.7. The minimum atomic E-state index is -0.501. The number of hydrogen-bond acceptors (Lipinski definition) is 4. The van der Waals surface area contributed by atoms with Gasteiger partial charge in [-0.15, -0.1) is 0 Å². The molecule has 4 nitrogen and oxygen atoms in total. The monoisotopic (exact) mass is 200 g/mol. The van der Waals surface area contributed by atoms with Crippen molar-refractivity contribution in [3.05, 3.63) is 29.6 Å². The number of carbonyl (C=O) groups excluding carboxylic acids is 1. The van der Waals surface area contributed by atoms with Crippen molar-refractivity contribution in [2.45, 2.75) is 6.42 Å². The lowest BCUT2D eigenvalue weighted by Gasteiger charge is -1.97. The number of esters is 1. The molecule has 74 valence electrons. The number of aromatic nitrogens is 1. The summed E-state index contributed by atoms with van der Waals surface area (Å²) in [5, 5.41) is 8.28. The van der Waals surface area contributed by atoms with E-state index in [2.05, 4.69) is 21.6 Å². The van der Waals surface area contributed by atoms with E-state index in [1.54, 1.807) is 18.2 Å². The molecule has 1 heterocycles. The molecule has 0 aliphatic heterocycles. The van der Waals surface area contributed by atoms with Crippen molar-refractivity contribution in [1.82, 2.24) is 4.98 Å². The Morgan fingerprint density at radius 3 is 3.07 bits per heavy atom. The van der Waals surface area contributed by atoms with Crippen LogP contribution in [0.15, 0.2) is 18.2 Å². The van der Waals surface area contributed by atoms with Crippen molar-refractivity contribution in [1.29, 1.82) is 5.26 Å². The number of nitrogens with zero attached hydrogens (tertiary/aromatic N) is 2. The number of ether oxygens (including phenoxy) is 1. The Labute approximate surface area is 87.5 Å². The Morgan fingerprint density at radius 2 is 2.40 bits per heavy atom. The maximum Gasteiger partial charge on any atom is 0.356 e. The topological polar surface area (TPSA) is 63.0 Å². The first-order chi connectivity index (χ1) is 7.27. The Bertz CT molecular complexity index is 463. The molecule has 0 radical (unpaired) electrons. The summed E-state index contributed by atoms with van der Waals surface area (Å²) in [7, 11) is 1.29. The van der Waals surface area contributed by atoms with Crippen molar-refractivity contribution in [2.75, 3.05) is 7.11 Å². The van der Waals surface area contributed by atoms with Gasteiger partial charge in [0.05, 0.1) is 19.6 Å². The van der Waals surface area contributed by atoms with Crippen LogP contribution in [0, 0.1) is 23.2 Å². The largest absolute Gasteiger partial charge is 0.464 e. The van der Waals surface area contributed by atoms with Gasteiger partial charge in [-0.3, -0.25) is 0 Å². The molecule has 0 aliphatic carbocycles. The van der Waals surface area contributed by atoms with Crippen LogP contribution in [-0.2, 0) is 4.74 Å². The van der Waals surface area contributed by atoms with Gasteiger partial charge in [0.2, 0.25) is 0 Å². The molecule has 0 amide bonds. The number of nitriles is 1. The van der Waals surface area contributed by atoms with Crippen molar-refractivity contribution in [3.63, 3.8) is 0 Å². The standard InChI is InChI=1S/C11H8N2O2/c1-15-11(14)10-7-4-6-9(13-10)5-2-3-8-12/h4,6-7H,3H2,1H3. The summed E-state index contributed by atoms with van der Waals surface area (Å²) in [6.45, 7) is 0. The number of methoxy groups -OCH3 is 1. The van der Waals surface area contributed by atoms with Gasteiger partial charge in [-0.25, -0.2) is 9.78 Å². The van der Waals surface area contributed by atoms with E-state index in [0.29, 0.717) is 5.69 Å². The zero-order valence-corrected chi connectivity index (χ0v) is 8.15. The minimum absolute atomic E-state index is 0.143. The van der Waals surface area contributed by atoms with E-state index < -0.39 is 5.97 Å². The molecule has 0 fully saturated rings. The summed E-state index contributed by atoms with van der Waals surface area (Å²) in [6.07, 6.45) is 0.143. The van der Waals surface area contributed by atoms with Crippen molar-refractivity contribution in [2.24, 2.45) is 0 Å². The van der Waals surface area contributed by atoms with Gasteiger partial charge in [0.15, 0.2) is 0 Å². The highest BCUT2D eigenvalue weighted by atomic mass is 16.5. The van der Waals surface area contributed by atoms with Gasteiger partial charge in [-0.05, 0) is 18.1 Å². The van der Waals surface area contributed by atoms with Crippen molar-refractivity contribution in [3.8, 4) is 17.9 Å². The van der Waals surface area contributed by atoms with Crippen molar-refractivity contribution >= 4 is 5.97 Å². The van der Waals surface area contributed by atoms with E-state index in [1.807, 2.05) is 6.07 Å². The molecule has 0 atom stereocenters. The fraction of sp³-hybridized carbons (Fsp3) is 0.182. The molecule has 0 unspecified atom stereocenters. The third-order valence-corrected chi connectivity index (χ3v) is 1.53. The zero-order chi connectivity index (χ0) is 11.1. The molecule has 0 saturated heterocycles. The van der Waals surface area contributed by atoms with Gasteiger partial charge in [0, 0.05) is 0 Å². The minimum Gasteiger partial charge on any atom is -0.464 e. The van der Waals surface area contributed by atoms with Crippen LogP contribution in [-0.4, -0.2) is 18.1 Å². The highest BCUT2D eigenvalue weighted by Crippen LogP contribution is 1.99. The molecule has 4 heteroatoms. The Hall–Kier alpha value is -2.33. The number of carbonyl (C=O) groups is 1.